The second-order valence-corrected chi connectivity index (χ2v) is 9.74. The molecule has 0 aliphatic heterocycles. The fraction of sp³-hybridized carbons (Fsp3) is 0.269. The first-order valence-electron chi connectivity index (χ1n) is 11.5. The lowest BCUT2D eigenvalue weighted by atomic mass is 10.1. The molecule has 2 heterocycles. The molecule has 0 N–H and O–H groups in total. The summed E-state index contributed by atoms with van der Waals surface area (Å²) in [5.74, 6) is 0.0922. The summed E-state index contributed by atoms with van der Waals surface area (Å²) in [6.07, 6.45) is -2.54. The molecule has 0 fully saturated rings. The van der Waals surface area contributed by atoms with Crippen LogP contribution in [0.2, 0.25) is 5.02 Å². The molecule has 4 rings (SSSR count). The lowest BCUT2D eigenvalue weighted by Crippen LogP contribution is -2.39. The van der Waals surface area contributed by atoms with Crippen molar-refractivity contribution in [3.63, 3.8) is 0 Å². The van der Waals surface area contributed by atoms with E-state index in [1.165, 1.54) is 0 Å². The first-order chi connectivity index (χ1) is 17.6. The molecule has 2 aromatic heterocycles. The summed E-state index contributed by atoms with van der Waals surface area (Å²) in [5, 5.41) is -0.300. The van der Waals surface area contributed by atoms with Crippen LogP contribution in [0.1, 0.15) is 31.7 Å². The van der Waals surface area contributed by atoms with Gasteiger partial charge in [0, 0.05) is 18.9 Å². The van der Waals surface area contributed by atoms with Crippen LogP contribution in [0.25, 0.3) is 16.0 Å². The average molecular weight is 550 g/mol. The number of likely N-dealkylation sites (N-methyl/N-ethyl adjacent to an activating group) is 1. The molecule has 37 heavy (non-hydrogen) atoms. The number of ether oxygens (including phenoxy) is 1. The number of anilines is 1. The third kappa shape index (κ3) is 5.80. The van der Waals surface area contributed by atoms with E-state index in [1.807, 2.05) is 37.3 Å². The maximum Gasteiger partial charge on any atom is 0.417 e. The van der Waals surface area contributed by atoms with Crippen molar-refractivity contribution in [3.8, 4) is 11.6 Å². The zero-order valence-electron chi connectivity index (χ0n) is 20.0. The number of nitrogens with zero attached hydrogens (tertiary/aromatic N) is 3. The highest BCUT2D eigenvalue weighted by molar-refractivity contribution is 7.16. The van der Waals surface area contributed by atoms with Crippen LogP contribution in [0.3, 0.4) is 0 Å². The number of fused-ring (bicyclic) bond motifs is 1. The van der Waals surface area contributed by atoms with Gasteiger partial charge in [-0.1, -0.05) is 54.5 Å². The molecule has 2 aromatic carbocycles. The van der Waals surface area contributed by atoms with Crippen LogP contribution < -0.4 is 14.5 Å². The third-order valence-electron chi connectivity index (χ3n) is 5.76. The van der Waals surface area contributed by atoms with E-state index in [0.717, 1.165) is 40.5 Å². The molecule has 0 saturated heterocycles. The number of hydrogen-bond donors (Lipinski definition) is 0. The highest BCUT2D eigenvalue weighted by Gasteiger charge is 2.32. The van der Waals surface area contributed by atoms with Gasteiger partial charge in [-0.25, -0.2) is 9.55 Å². The Kier molecular flexibility index (Phi) is 7.89. The van der Waals surface area contributed by atoms with E-state index < -0.39 is 22.7 Å². The van der Waals surface area contributed by atoms with E-state index in [-0.39, 0.29) is 16.7 Å². The topological polar surface area (TPSA) is 64.4 Å². The fourth-order valence-corrected chi connectivity index (χ4v) is 4.96. The number of para-hydroxylation sites is 1. The summed E-state index contributed by atoms with van der Waals surface area (Å²) < 4.78 is 46.8. The van der Waals surface area contributed by atoms with Gasteiger partial charge in [0.15, 0.2) is 11.9 Å². The summed E-state index contributed by atoms with van der Waals surface area (Å²) in [7, 11) is 1.69. The van der Waals surface area contributed by atoms with Gasteiger partial charge in [0.25, 0.3) is 5.91 Å². The molecule has 0 aliphatic rings. The van der Waals surface area contributed by atoms with Crippen molar-refractivity contribution >= 4 is 44.7 Å². The Hall–Kier alpha value is -3.37. The Morgan fingerprint density at radius 2 is 1.92 bits per heavy atom. The zero-order valence-corrected chi connectivity index (χ0v) is 21.5. The van der Waals surface area contributed by atoms with Crippen molar-refractivity contribution in [1.82, 2.24) is 9.55 Å². The Balaban J connectivity index is 1.64. The quantitative estimate of drug-likeness (QED) is 0.245. The number of thiazole rings is 1. The third-order valence-corrected chi connectivity index (χ3v) is 6.94. The molecule has 6 nitrogen and oxygen atoms in total. The summed E-state index contributed by atoms with van der Waals surface area (Å²) in [4.78, 5) is 30.9. The van der Waals surface area contributed by atoms with Crippen molar-refractivity contribution in [2.24, 2.45) is 0 Å². The van der Waals surface area contributed by atoms with Gasteiger partial charge in [-0.05, 0) is 49.2 Å². The molecule has 194 valence electrons. The van der Waals surface area contributed by atoms with Crippen LogP contribution >= 0.6 is 22.9 Å². The largest absolute Gasteiger partial charge is 0.481 e. The van der Waals surface area contributed by atoms with E-state index in [0.29, 0.717) is 28.6 Å². The van der Waals surface area contributed by atoms with Crippen LogP contribution in [0.4, 0.5) is 18.9 Å². The van der Waals surface area contributed by atoms with E-state index in [1.54, 1.807) is 30.1 Å². The van der Waals surface area contributed by atoms with E-state index in [2.05, 4.69) is 4.98 Å². The fourth-order valence-electron chi connectivity index (χ4n) is 3.80. The number of hydrogen-bond acceptors (Lipinski definition) is 5. The summed E-state index contributed by atoms with van der Waals surface area (Å²) in [6, 6.07) is 14.8. The second-order valence-electron chi connectivity index (χ2n) is 8.34. The van der Waals surface area contributed by atoms with Crippen molar-refractivity contribution in [3.05, 3.63) is 81.0 Å². The van der Waals surface area contributed by atoms with Gasteiger partial charge < -0.3 is 9.64 Å². The lowest BCUT2D eigenvalue weighted by Gasteiger charge is -2.24. The monoisotopic (exact) mass is 549 g/mol. The number of amides is 1. The predicted molar refractivity (Wildman–Crippen MR) is 139 cm³/mol. The number of rotatable bonds is 8. The minimum absolute atomic E-state index is 0.0972. The number of unbranched alkanes of at least 4 members (excludes halogenated alkanes) is 1. The maximum absolute atomic E-state index is 13.2. The Bertz CT molecular complexity index is 1470. The standard InChI is InChI=1S/C26H23ClF3N3O3S/c1-3-4-10-21(24(34)32(2)17-8-6-5-7-9-17)36-18-11-12-20-22(14-18)37-25(35)33(20)23-19(27)13-16(15-31-23)26(28,29)30/h5-9,11-15,21H,3-4,10H2,1-2H3. The number of carbonyl (C=O) groups excluding carboxylic acids is 1. The number of carbonyl (C=O) groups is 1. The number of benzene rings is 2. The molecule has 1 atom stereocenters. The Labute approximate surface area is 219 Å². The minimum Gasteiger partial charge on any atom is -0.481 e. The number of aromatic nitrogens is 2. The first-order valence-corrected chi connectivity index (χ1v) is 12.7. The highest BCUT2D eigenvalue weighted by Crippen LogP contribution is 2.33. The molecule has 0 saturated carbocycles. The summed E-state index contributed by atoms with van der Waals surface area (Å²) >= 11 is 6.95. The molecule has 0 radical (unpaired) electrons. The van der Waals surface area contributed by atoms with Gasteiger partial charge >= 0.3 is 11.0 Å². The predicted octanol–water partition coefficient (Wildman–Crippen LogP) is 6.72. The van der Waals surface area contributed by atoms with Gasteiger partial charge in [0.05, 0.1) is 20.8 Å². The number of pyridine rings is 1. The number of halogens is 4. The summed E-state index contributed by atoms with van der Waals surface area (Å²) in [6.45, 7) is 2.02. The van der Waals surface area contributed by atoms with Crippen molar-refractivity contribution < 1.29 is 22.7 Å². The molecule has 1 unspecified atom stereocenters. The second kappa shape index (κ2) is 10.9. The SMILES string of the molecule is CCCCC(Oc1ccc2c(c1)sc(=O)n2-c1ncc(C(F)(F)F)cc1Cl)C(=O)N(C)c1ccccc1. The normalized spacial score (nSPS) is 12.5. The van der Waals surface area contributed by atoms with Gasteiger partial charge in [0.1, 0.15) is 5.75 Å². The van der Waals surface area contributed by atoms with Crippen LogP contribution in [0.5, 0.6) is 5.75 Å². The van der Waals surface area contributed by atoms with Gasteiger partial charge in [-0.2, -0.15) is 13.2 Å². The van der Waals surface area contributed by atoms with Crippen LogP contribution in [-0.4, -0.2) is 28.6 Å². The molecule has 11 heteroatoms. The van der Waals surface area contributed by atoms with Crippen LogP contribution in [0.15, 0.2) is 65.6 Å². The van der Waals surface area contributed by atoms with Crippen LogP contribution in [-0.2, 0) is 11.0 Å². The lowest BCUT2D eigenvalue weighted by molar-refractivity contribution is -0.137. The number of alkyl halides is 3. The minimum atomic E-state index is -4.61. The van der Waals surface area contributed by atoms with Gasteiger partial charge in [0.2, 0.25) is 0 Å². The van der Waals surface area contributed by atoms with E-state index in [9.17, 15) is 22.8 Å². The van der Waals surface area contributed by atoms with Crippen molar-refractivity contribution in [1.29, 1.82) is 0 Å². The molecular weight excluding hydrogens is 527 g/mol. The first kappa shape index (κ1) is 26.7. The Morgan fingerprint density at radius 1 is 1.19 bits per heavy atom. The van der Waals surface area contributed by atoms with E-state index >= 15 is 0 Å². The maximum atomic E-state index is 13.2. The molecular formula is C26H23ClF3N3O3S. The molecule has 0 spiro atoms. The van der Waals surface area contributed by atoms with Crippen molar-refractivity contribution in [2.45, 2.75) is 38.5 Å². The molecule has 4 aromatic rings. The van der Waals surface area contributed by atoms with Crippen LogP contribution in [0, 0.1) is 0 Å². The van der Waals surface area contributed by atoms with Gasteiger partial charge in [-0.15, -0.1) is 0 Å². The van der Waals surface area contributed by atoms with Crippen molar-refractivity contribution in [2.75, 3.05) is 11.9 Å². The highest BCUT2D eigenvalue weighted by atomic mass is 35.5. The van der Waals surface area contributed by atoms with Gasteiger partial charge in [-0.3, -0.25) is 9.59 Å². The Morgan fingerprint density at radius 3 is 2.57 bits per heavy atom. The van der Waals surface area contributed by atoms with E-state index in [4.69, 9.17) is 16.3 Å². The molecule has 0 bridgehead atoms. The average Bonchev–Trinajstić information content (AvgIpc) is 3.20. The summed E-state index contributed by atoms with van der Waals surface area (Å²) in [5.41, 5.74) is 0.145. The molecule has 0 aliphatic carbocycles. The molecule has 1 amide bonds. The zero-order chi connectivity index (χ0) is 26.7. The smallest absolute Gasteiger partial charge is 0.417 e.